The third-order valence-electron chi connectivity index (χ3n) is 2.53. The van der Waals surface area contributed by atoms with Gasteiger partial charge in [0.05, 0.1) is 0 Å². The fourth-order valence-electron chi connectivity index (χ4n) is 1.64. The molecule has 2 aromatic carbocycles. The molecule has 96 valence electrons. The summed E-state index contributed by atoms with van der Waals surface area (Å²) in [6.07, 6.45) is -3.08. The van der Waals surface area contributed by atoms with Crippen LogP contribution in [0.25, 0.3) is 11.6 Å². The van der Waals surface area contributed by atoms with Crippen molar-refractivity contribution in [3.63, 3.8) is 0 Å². The molecule has 0 aliphatic heterocycles. The zero-order valence-electron chi connectivity index (χ0n) is 9.98. The predicted octanol–water partition coefficient (Wildman–Crippen LogP) is 4.94. The standard InChI is InChI=1S/C16H11F3/c17-16(18,19)15(14-9-5-2-6-10-14)12-11-13-7-3-1-4-8-13/h1-11H. The molecule has 0 saturated heterocycles. The number of halogens is 3. The molecule has 0 spiro atoms. The zero-order valence-corrected chi connectivity index (χ0v) is 9.98. The highest BCUT2D eigenvalue weighted by Gasteiger charge is 2.34. The van der Waals surface area contributed by atoms with Crippen LogP contribution in [-0.4, -0.2) is 6.18 Å². The average molecular weight is 260 g/mol. The first-order valence-corrected chi connectivity index (χ1v) is 5.72. The first-order valence-electron chi connectivity index (χ1n) is 5.72. The number of benzene rings is 2. The highest BCUT2D eigenvalue weighted by Crippen LogP contribution is 2.32. The molecule has 0 fully saturated rings. The van der Waals surface area contributed by atoms with E-state index in [4.69, 9.17) is 0 Å². The second-order valence-corrected chi connectivity index (χ2v) is 3.94. The molecule has 0 radical (unpaired) electrons. The largest absolute Gasteiger partial charge is 0.424 e. The van der Waals surface area contributed by atoms with E-state index in [1.165, 1.54) is 18.2 Å². The van der Waals surface area contributed by atoms with Gasteiger partial charge in [-0.25, -0.2) is 0 Å². The summed E-state index contributed by atoms with van der Waals surface area (Å²) >= 11 is 0. The van der Waals surface area contributed by atoms with Crippen LogP contribution in [0.1, 0.15) is 11.1 Å². The molecule has 0 aliphatic rings. The number of allylic oxidation sites excluding steroid dienone is 1. The topological polar surface area (TPSA) is 0 Å². The van der Waals surface area contributed by atoms with Gasteiger partial charge < -0.3 is 0 Å². The van der Waals surface area contributed by atoms with Crippen LogP contribution < -0.4 is 0 Å². The minimum absolute atomic E-state index is 0.113. The SMILES string of the molecule is FC(F)(F)C(=C=Cc1ccccc1)c1ccccc1. The maximum absolute atomic E-state index is 13.0. The highest BCUT2D eigenvalue weighted by molar-refractivity contribution is 5.72. The number of alkyl halides is 3. The summed E-state index contributed by atoms with van der Waals surface area (Å²) < 4.78 is 39.0. The Morgan fingerprint density at radius 2 is 1.37 bits per heavy atom. The fourth-order valence-corrected chi connectivity index (χ4v) is 1.64. The summed E-state index contributed by atoms with van der Waals surface area (Å²) in [6, 6.07) is 16.5. The van der Waals surface area contributed by atoms with Crippen molar-refractivity contribution < 1.29 is 13.2 Å². The lowest BCUT2D eigenvalue weighted by Crippen LogP contribution is -2.09. The van der Waals surface area contributed by atoms with Crippen LogP contribution in [0.5, 0.6) is 0 Å². The van der Waals surface area contributed by atoms with Crippen LogP contribution in [-0.2, 0) is 0 Å². The second-order valence-electron chi connectivity index (χ2n) is 3.94. The van der Waals surface area contributed by atoms with Crippen molar-refractivity contribution in [3.8, 4) is 0 Å². The van der Waals surface area contributed by atoms with Gasteiger partial charge in [-0.05, 0) is 17.2 Å². The molecule has 0 heterocycles. The van der Waals surface area contributed by atoms with Crippen LogP contribution in [0.15, 0.2) is 66.4 Å². The van der Waals surface area contributed by atoms with Crippen LogP contribution in [0.3, 0.4) is 0 Å². The highest BCUT2D eigenvalue weighted by atomic mass is 19.4. The molecular formula is C16H11F3. The van der Waals surface area contributed by atoms with Crippen LogP contribution in [0.2, 0.25) is 0 Å². The third-order valence-corrected chi connectivity index (χ3v) is 2.53. The molecule has 0 saturated carbocycles. The van der Waals surface area contributed by atoms with Crippen LogP contribution in [0.4, 0.5) is 13.2 Å². The van der Waals surface area contributed by atoms with Crippen LogP contribution >= 0.6 is 0 Å². The van der Waals surface area contributed by atoms with Gasteiger partial charge in [0.15, 0.2) is 0 Å². The van der Waals surface area contributed by atoms with Gasteiger partial charge >= 0.3 is 6.18 Å². The Bertz CT molecular complexity index is 589. The molecule has 0 aliphatic carbocycles. The van der Waals surface area contributed by atoms with E-state index in [0.717, 1.165) is 0 Å². The maximum Gasteiger partial charge on any atom is 0.424 e. The summed E-state index contributed by atoms with van der Waals surface area (Å²) in [5.74, 6) is 0. The molecule has 0 N–H and O–H groups in total. The lowest BCUT2D eigenvalue weighted by Gasteiger charge is -2.09. The maximum atomic E-state index is 13.0. The van der Waals surface area contributed by atoms with Crippen LogP contribution in [0, 0.1) is 0 Å². The molecule has 0 nitrogen and oxygen atoms in total. The van der Waals surface area contributed by atoms with Gasteiger partial charge in [0.25, 0.3) is 0 Å². The zero-order chi connectivity index (χ0) is 13.7. The van der Waals surface area contributed by atoms with E-state index < -0.39 is 11.7 Å². The Morgan fingerprint density at radius 1 is 0.842 bits per heavy atom. The number of hydrogen-bond donors (Lipinski definition) is 0. The van der Waals surface area contributed by atoms with E-state index in [9.17, 15) is 13.2 Å². The fraction of sp³-hybridized carbons (Fsp3) is 0.0625. The molecule has 0 bridgehead atoms. The van der Waals surface area contributed by atoms with Crippen molar-refractivity contribution in [3.05, 3.63) is 77.5 Å². The van der Waals surface area contributed by atoms with Crippen molar-refractivity contribution in [1.82, 2.24) is 0 Å². The van der Waals surface area contributed by atoms with Gasteiger partial charge in [-0.3, -0.25) is 0 Å². The molecule has 0 atom stereocenters. The normalized spacial score (nSPS) is 10.7. The molecule has 0 aromatic heterocycles. The Hall–Kier alpha value is -2.25. The predicted molar refractivity (Wildman–Crippen MR) is 70.3 cm³/mol. The van der Waals surface area contributed by atoms with Crippen molar-refractivity contribution in [2.24, 2.45) is 0 Å². The van der Waals surface area contributed by atoms with Gasteiger partial charge in [0.2, 0.25) is 0 Å². The van der Waals surface area contributed by atoms with Gasteiger partial charge in [-0.15, -0.1) is 5.73 Å². The summed E-state index contributed by atoms with van der Waals surface area (Å²) in [5, 5.41) is 0. The van der Waals surface area contributed by atoms with E-state index in [0.29, 0.717) is 5.56 Å². The van der Waals surface area contributed by atoms with Gasteiger partial charge in [0, 0.05) is 0 Å². The lowest BCUT2D eigenvalue weighted by molar-refractivity contribution is -0.0687. The molecular weight excluding hydrogens is 249 g/mol. The van der Waals surface area contributed by atoms with E-state index in [2.05, 4.69) is 5.73 Å². The summed E-state index contributed by atoms with van der Waals surface area (Å²) in [7, 11) is 0. The minimum Gasteiger partial charge on any atom is -0.165 e. The summed E-state index contributed by atoms with van der Waals surface area (Å²) in [4.78, 5) is 0. The van der Waals surface area contributed by atoms with Gasteiger partial charge in [-0.1, -0.05) is 60.7 Å². The molecule has 2 rings (SSSR count). The Morgan fingerprint density at radius 3 is 1.89 bits per heavy atom. The average Bonchev–Trinajstić information content (AvgIpc) is 2.40. The van der Waals surface area contributed by atoms with E-state index in [-0.39, 0.29) is 5.56 Å². The summed E-state index contributed by atoms with van der Waals surface area (Å²) in [6.45, 7) is 0. The molecule has 19 heavy (non-hydrogen) atoms. The Kier molecular flexibility index (Phi) is 3.88. The van der Waals surface area contributed by atoms with E-state index >= 15 is 0 Å². The van der Waals surface area contributed by atoms with E-state index in [1.807, 2.05) is 6.07 Å². The molecule has 0 amide bonds. The van der Waals surface area contributed by atoms with Crippen molar-refractivity contribution in [2.75, 3.05) is 0 Å². The smallest absolute Gasteiger partial charge is 0.165 e. The lowest BCUT2D eigenvalue weighted by atomic mass is 10.1. The van der Waals surface area contributed by atoms with Crippen molar-refractivity contribution >= 4 is 11.6 Å². The monoisotopic (exact) mass is 260 g/mol. The quantitative estimate of drug-likeness (QED) is 0.670. The van der Waals surface area contributed by atoms with Gasteiger partial charge in [-0.2, -0.15) is 13.2 Å². The molecule has 2 aromatic rings. The molecule has 0 unspecified atom stereocenters. The minimum atomic E-state index is -4.42. The first-order chi connectivity index (χ1) is 9.07. The first kappa shape index (κ1) is 13.2. The summed E-state index contributed by atoms with van der Waals surface area (Å²) in [5.41, 5.74) is 2.39. The number of rotatable bonds is 2. The second kappa shape index (κ2) is 5.59. The van der Waals surface area contributed by atoms with E-state index in [1.54, 1.807) is 42.5 Å². The Labute approximate surface area is 109 Å². The van der Waals surface area contributed by atoms with Gasteiger partial charge in [0.1, 0.15) is 5.57 Å². The van der Waals surface area contributed by atoms with Crippen molar-refractivity contribution in [2.45, 2.75) is 6.18 Å². The third kappa shape index (κ3) is 3.60. The van der Waals surface area contributed by atoms with Crippen molar-refractivity contribution in [1.29, 1.82) is 0 Å². The number of hydrogen-bond acceptors (Lipinski definition) is 0. The molecule has 3 heteroatoms. The Balaban J connectivity index is 2.48.